The molecule has 0 spiro atoms. The van der Waals surface area contributed by atoms with Gasteiger partial charge in [0.1, 0.15) is 36.6 Å². The molecule has 2 aliphatic heterocycles. The van der Waals surface area contributed by atoms with Crippen LogP contribution < -0.4 is 0 Å². The first-order valence-corrected chi connectivity index (χ1v) is 15.2. The molecule has 5 aliphatic rings. The van der Waals surface area contributed by atoms with Gasteiger partial charge in [-0.05, 0) is 61.7 Å². The maximum absolute atomic E-state index is 10.7. The second kappa shape index (κ2) is 11.2. The second-order valence-corrected chi connectivity index (χ2v) is 14.2. The number of hydrogen-bond donors (Lipinski definition) is 6. The smallest absolute Gasteiger partial charge is 0.186 e. The van der Waals surface area contributed by atoms with E-state index in [4.69, 9.17) is 18.9 Å². The Morgan fingerprint density at radius 3 is 2.17 bits per heavy atom. The third-order valence-corrected chi connectivity index (χ3v) is 11.4. The number of ether oxygens (including phenoxy) is 4. The Morgan fingerprint density at radius 2 is 1.54 bits per heavy atom. The predicted molar refractivity (Wildman–Crippen MR) is 148 cm³/mol. The van der Waals surface area contributed by atoms with Gasteiger partial charge in [-0.3, -0.25) is 0 Å². The minimum atomic E-state index is -1.38. The van der Waals surface area contributed by atoms with Gasteiger partial charge in [-0.2, -0.15) is 0 Å². The van der Waals surface area contributed by atoms with E-state index in [1.807, 2.05) is 6.08 Å². The van der Waals surface area contributed by atoms with Gasteiger partial charge in [0.05, 0.1) is 24.9 Å². The molecule has 2 heterocycles. The van der Waals surface area contributed by atoms with Gasteiger partial charge in [0.15, 0.2) is 12.6 Å². The van der Waals surface area contributed by atoms with Crippen LogP contribution in [-0.4, -0.2) is 105 Å². The summed E-state index contributed by atoms with van der Waals surface area (Å²) >= 11 is 0. The van der Waals surface area contributed by atoms with Crippen molar-refractivity contribution in [1.29, 1.82) is 0 Å². The zero-order valence-corrected chi connectivity index (χ0v) is 24.9. The van der Waals surface area contributed by atoms with Crippen LogP contribution in [0.2, 0.25) is 0 Å². The predicted octanol–water partition coefficient (Wildman–Crippen LogP) is 1.40. The summed E-state index contributed by atoms with van der Waals surface area (Å²) in [7, 11) is 0. The highest BCUT2D eigenvalue weighted by molar-refractivity contribution is 5.29. The Bertz CT molecular complexity index is 1000. The van der Waals surface area contributed by atoms with Crippen LogP contribution in [0.15, 0.2) is 24.3 Å². The molecule has 0 aromatic carbocycles. The lowest BCUT2D eigenvalue weighted by Gasteiger charge is -2.62. The van der Waals surface area contributed by atoms with Crippen LogP contribution in [0, 0.1) is 28.1 Å². The van der Waals surface area contributed by atoms with Gasteiger partial charge in [0.2, 0.25) is 0 Å². The van der Waals surface area contributed by atoms with E-state index in [-0.39, 0.29) is 34.9 Å². The molecule has 0 aromatic rings. The molecule has 234 valence electrons. The zero-order chi connectivity index (χ0) is 30.1. The summed E-state index contributed by atoms with van der Waals surface area (Å²) in [5, 5.41) is 61.4. The largest absolute Gasteiger partial charge is 0.394 e. The highest BCUT2D eigenvalue weighted by Crippen LogP contribution is 2.64. The van der Waals surface area contributed by atoms with Crippen LogP contribution in [0.5, 0.6) is 0 Å². The molecule has 0 bridgehead atoms. The Kier molecular flexibility index (Phi) is 8.62. The molecular formula is C31H50O10. The number of hydrogen-bond acceptors (Lipinski definition) is 10. The van der Waals surface area contributed by atoms with Crippen molar-refractivity contribution in [3.05, 3.63) is 24.3 Å². The highest BCUT2D eigenvalue weighted by atomic mass is 16.7. The summed E-state index contributed by atoms with van der Waals surface area (Å²) in [5.41, 5.74) is 0.545. The molecule has 0 amide bonds. The fourth-order valence-electron chi connectivity index (χ4n) is 8.71. The van der Waals surface area contributed by atoms with Gasteiger partial charge in [-0.25, -0.2) is 0 Å². The van der Waals surface area contributed by atoms with Crippen LogP contribution in [0.4, 0.5) is 0 Å². The number of allylic oxidation sites excluding steroid dienone is 1. The van der Waals surface area contributed by atoms with Gasteiger partial charge in [-0.1, -0.05) is 45.4 Å². The van der Waals surface area contributed by atoms with E-state index < -0.39 is 67.3 Å². The summed E-state index contributed by atoms with van der Waals surface area (Å²) in [6.07, 6.45) is -2.16. The van der Waals surface area contributed by atoms with E-state index in [0.29, 0.717) is 6.42 Å². The first kappa shape index (κ1) is 31.5. The van der Waals surface area contributed by atoms with E-state index in [1.54, 1.807) is 6.92 Å². The van der Waals surface area contributed by atoms with Crippen molar-refractivity contribution in [3.8, 4) is 0 Å². The molecule has 2 saturated carbocycles. The van der Waals surface area contributed by atoms with E-state index in [2.05, 4.69) is 40.3 Å². The molecule has 0 aromatic heterocycles. The topological polar surface area (TPSA) is 158 Å². The maximum atomic E-state index is 10.7. The lowest BCUT2D eigenvalue weighted by atomic mass is 9.44. The maximum Gasteiger partial charge on any atom is 0.186 e. The molecule has 15 atom stereocenters. The Hall–Kier alpha value is -0.920. The fourth-order valence-corrected chi connectivity index (χ4v) is 8.71. The second-order valence-electron chi connectivity index (χ2n) is 14.2. The molecule has 4 fully saturated rings. The van der Waals surface area contributed by atoms with Crippen molar-refractivity contribution >= 4 is 0 Å². The summed E-state index contributed by atoms with van der Waals surface area (Å²) < 4.78 is 24.3. The minimum Gasteiger partial charge on any atom is -0.394 e. The van der Waals surface area contributed by atoms with Gasteiger partial charge in [0, 0.05) is 5.41 Å². The van der Waals surface area contributed by atoms with Crippen molar-refractivity contribution in [2.24, 2.45) is 28.1 Å². The van der Waals surface area contributed by atoms with Crippen molar-refractivity contribution in [2.75, 3.05) is 6.61 Å². The molecule has 10 nitrogen and oxygen atoms in total. The van der Waals surface area contributed by atoms with Gasteiger partial charge >= 0.3 is 0 Å². The van der Waals surface area contributed by atoms with Gasteiger partial charge in [0.25, 0.3) is 0 Å². The first-order valence-electron chi connectivity index (χ1n) is 15.2. The summed E-state index contributed by atoms with van der Waals surface area (Å²) in [4.78, 5) is 0. The Morgan fingerprint density at radius 1 is 0.902 bits per heavy atom. The molecule has 0 radical (unpaired) electrons. The molecule has 2 saturated heterocycles. The molecule has 6 N–H and O–H groups in total. The van der Waals surface area contributed by atoms with Crippen LogP contribution in [-0.2, 0) is 18.9 Å². The molecule has 6 unspecified atom stereocenters. The van der Waals surface area contributed by atoms with E-state index in [9.17, 15) is 30.6 Å². The molecular weight excluding hydrogens is 532 g/mol. The lowest BCUT2D eigenvalue weighted by Crippen LogP contribution is -2.60. The molecule has 5 rings (SSSR count). The molecule has 10 heteroatoms. The quantitative estimate of drug-likeness (QED) is 0.253. The van der Waals surface area contributed by atoms with Crippen LogP contribution >= 0.6 is 0 Å². The Labute approximate surface area is 242 Å². The van der Waals surface area contributed by atoms with Gasteiger partial charge in [-0.15, -0.1) is 6.58 Å². The Balaban J connectivity index is 1.36. The minimum absolute atomic E-state index is 0.0745. The molecule has 3 aliphatic carbocycles. The van der Waals surface area contributed by atoms with Gasteiger partial charge < -0.3 is 49.6 Å². The lowest BCUT2D eigenvalue weighted by molar-refractivity contribution is -0.312. The molecule has 41 heavy (non-hydrogen) atoms. The van der Waals surface area contributed by atoms with Crippen molar-refractivity contribution in [3.63, 3.8) is 0 Å². The number of aliphatic hydroxyl groups is 6. The number of aliphatic hydroxyl groups excluding tert-OH is 6. The first-order chi connectivity index (χ1) is 19.2. The van der Waals surface area contributed by atoms with E-state index >= 15 is 0 Å². The number of rotatable bonds is 6. The zero-order valence-electron chi connectivity index (χ0n) is 24.9. The SMILES string of the molecule is C=CC1(C)C=C2CCC3C(C)(C)C(O[C@@H]4O[C@@H](CO)[C@H](O)[C@H]4O)CCC3(C)C2CC1O[C@@H]1O[C@H](C)[C@H](O)[C@H](O)[C@H]1O. The third-order valence-electron chi connectivity index (χ3n) is 11.4. The fraction of sp³-hybridized carbons (Fsp3) is 0.871. The number of fused-ring (bicyclic) bond motifs is 3. The average Bonchev–Trinajstić information content (AvgIpc) is 3.20. The highest BCUT2D eigenvalue weighted by Gasteiger charge is 2.60. The van der Waals surface area contributed by atoms with E-state index in [0.717, 1.165) is 25.7 Å². The third kappa shape index (κ3) is 5.16. The van der Waals surface area contributed by atoms with Crippen molar-refractivity contribution < 1.29 is 49.6 Å². The van der Waals surface area contributed by atoms with Crippen LogP contribution in [0.1, 0.15) is 66.7 Å². The normalized spacial score (nSPS) is 53.2. The monoisotopic (exact) mass is 582 g/mol. The van der Waals surface area contributed by atoms with Crippen molar-refractivity contribution in [1.82, 2.24) is 0 Å². The van der Waals surface area contributed by atoms with Crippen molar-refractivity contribution in [2.45, 2.75) is 134 Å². The standard InChI is InChI=1S/C31H50O10/c1-7-30(5)13-16-8-9-19-29(3,4)20(40-28-25(36)23(34)18(14-32)39-28)10-11-31(19,6)17(16)12-21(30)41-27-26(37)24(35)22(33)15(2)38-27/h7,13,15,17-28,32-37H,1,8-12,14H2,2-6H3/t15-,17?,18+,19?,20?,21?,22+,23+,24+,25-,26-,27+,28+,30?,31?/m1/s1. The van der Waals surface area contributed by atoms with E-state index in [1.165, 1.54) is 5.57 Å². The summed E-state index contributed by atoms with van der Waals surface area (Å²) in [5.74, 6) is 0.498. The van der Waals surface area contributed by atoms with Crippen LogP contribution in [0.3, 0.4) is 0 Å². The summed E-state index contributed by atoms with van der Waals surface area (Å²) in [6, 6.07) is 0. The van der Waals surface area contributed by atoms with Crippen LogP contribution in [0.25, 0.3) is 0 Å². The average molecular weight is 583 g/mol. The summed E-state index contributed by atoms with van der Waals surface area (Å²) in [6.45, 7) is 14.2.